The van der Waals surface area contributed by atoms with E-state index in [-0.39, 0.29) is 0 Å². The smallest absolute Gasteiger partial charge is 0.328 e. The monoisotopic (exact) mass is 383 g/mol. The van der Waals surface area contributed by atoms with Gasteiger partial charge in [0.25, 0.3) is 0 Å². The highest BCUT2D eigenvalue weighted by Crippen LogP contribution is 2.38. The Balaban J connectivity index is 1.80. The zero-order chi connectivity index (χ0) is 19.0. The molecule has 0 spiro atoms. The molecule has 0 fully saturated rings. The summed E-state index contributed by atoms with van der Waals surface area (Å²) in [5, 5.41) is 24.9. The maximum Gasteiger partial charge on any atom is 0.328 e. The number of hydrogen-bond donors (Lipinski definition) is 3. The van der Waals surface area contributed by atoms with Gasteiger partial charge in [0.05, 0.1) is 11.5 Å². The van der Waals surface area contributed by atoms with Crippen LogP contribution in [-0.4, -0.2) is 38.3 Å². The summed E-state index contributed by atoms with van der Waals surface area (Å²) in [6.07, 6.45) is 5.04. The first-order chi connectivity index (χ1) is 13.0. The van der Waals surface area contributed by atoms with E-state index < -0.39 is 18.1 Å². The van der Waals surface area contributed by atoms with Crippen LogP contribution in [0.25, 0.3) is 21.3 Å². The quantitative estimate of drug-likeness (QED) is 0.624. The van der Waals surface area contributed by atoms with Crippen molar-refractivity contribution in [3.05, 3.63) is 41.0 Å². The Labute approximate surface area is 160 Å². The minimum absolute atomic E-state index is 0.433. The van der Waals surface area contributed by atoms with Crippen molar-refractivity contribution in [1.82, 2.24) is 9.97 Å². The number of rotatable bonds is 5. The molecular formula is C20H21N3O3S. The lowest BCUT2D eigenvalue weighted by molar-refractivity contribution is -0.140. The van der Waals surface area contributed by atoms with Crippen molar-refractivity contribution in [1.29, 1.82) is 0 Å². The average Bonchev–Trinajstić information content (AvgIpc) is 3.10. The van der Waals surface area contributed by atoms with Crippen molar-refractivity contribution in [2.75, 3.05) is 5.32 Å². The molecule has 0 radical (unpaired) electrons. The van der Waals surface area contributed by atoms with Gasteiger partial charge < -0.3 is 15.5 Å². The lowest BCUT2D eigenvalue weighted by Crippen LogP contribution is -2.39. The molecule has 3 aromatic rings. The van der Waals surface area contributed by atoms with Crippen LogP contribution in [0, 0.1) is 0 Å². The van der Waals surface area contributed by atoms with Gasteiger partial charge in [-0.15, -0.1) is 11.3 Å². The molecule has 0 saturated heterocycles. The Kier molecular flexibility index (Phi) is 4.80. The first-order valence-electron chi connectivity index (χ1n) is 9.06. The Morgan fingerprint density at radius 3 is 2.74 bits per heavy atom. The number of nitrogens with zero attached hydrogens (tertiary/aromatic N) is 2. The molecule has 140 valence electrons. The van der Waals surface area contributed by atoms with E-state index in [1.165, 1.54) is 48.6 Å². The maximum atomic E-state index is 11.5. The summed E-state index contributed by atoms with van der Waals surface area (Å²) in [6, 6.07) is 5.40. The van der Waals surface area contributed by atoms with Crippen LogP contribution in [0.4, 0.5) is 5.82 Å². The molecule has 1 aliphatic rings. The van der Waals surface area contributed by atoms with Gasteiger partial charge in [-0.05, 0) is 49.3 Å². The van der Waals surface area contributed by atoms with Gasteiger partial charge in [-0.3, -0.25) is 0 Å². The number of aliphatic carboxylic acids is 1. The van der Waals surface area contributed by atoms with Crippen molar-refractivity contribution in [3.8, 4) is 11.1 Å². The number of carbonyl (C=O) groups is 1. The molecule has 0 bridgehead atoms. The van der Waals surface area contributed by atoms with Gasteiger partial charge in [-0.2, -0.15) is 0 Å². The fraction of sp³-hybridized carbons (Fsp3) is 0.350. The summed E-state index contributed by atoms with van der Waals surface area (Å²) in [5.41, 5.74) is 4.88. The molecule has 1 aliphatic carbocycles. The molecule has 4 rings (SSSR count). The highest BCUT2D eigenvalue weighted by Gasteiger charge is 2.25. The first-order valence-corrected chi connectivity index (χ1v) is 9.94. The third kappa shape index (κ3) is 3.40. The topological polar surface area (TPSA) is 95.3 Å². The molecule has 7 heteroatoms. The summed E-state index contributed by atoms with van der Waals surface area (Å²) < 4.78 is 0. The van der Waals surface area contributed by atoms with Crippen LogP contribution in [0.3, 0.4) is 0 Å². The molecule has 0 amide bonds. The van der Waals surface area contributed by atoms with Crippen LogP contribution in [0.15, 0.2) is 29.9 Å². The minimum atomic E-state index is -1.14. The van der Waals surface area contributed by atoms with Crippen molar-refractivity contribution >= 4 is 33.3 Å². The van der Waals surface area contributed by atoms with Crippen molar-refractivity contribution < 1.29 is 15.0 Å². The second kappa shape index (κ2) is 7.25. The van der Waals surface area contributed by atoms with Crippen molar-refractivity contribution in [2.45, 2.75) is 44.8 Å². The predicted molar refractivity (Wildman–Crippen MR) is 106 cm³/mol. The fourth-order valence-corrected chi connectivity index (χ4v) is 4.55. The number of benzene rings is 1. The molecule has 2 unspecified atom stereocenters. The minimum Gasteiger partial charge on any atom is -0.480 e. The largest absolute Gasteiger partial charge is 0.480 e. The zero-order valence-electron chi connectivity index (χ0n) is 15.0. The Morgan fingerprint density at radius 2 is 2.00 bits per heavy atom. The second-order valence-corrected chi connectivity index (χ2v) is 7.80. The Hall–Kier alpha value is -2.51. The van der Waals surface area contributed by atoms with Gasteiger partial charge in [-0.25, -0.2) is 14.8 Å². The standard InChI is InChI=1S/C20H21N3O3S/c1-11(24)17(20(25)26)23-18-16-15(9-27-19(16)22-10-21-18)14-7-6-12-4-2-3-5-13(12)8-14/h6-11,17,24H,2-5H2,1H3,(H,25,26)(H,21,22,23). The molecule has 2 aromatic heterocycles. The average molecular weight is 383 g/mol. The summed E-state index contributed by atoms with van der Waals surface area (Å²) in [7, 11) is 0. The number of aryl methyl sites for hydroxylation is 2. The van der Waals surface area contributed by atoms with E-state index in [0.29, 0.717) is 5.82 Å². The number of hydrogen-bond acceptors (Lipinski definition) is 6. The van der Waals surface area contributed by atoms with E-state index in [0.717, 1.165) is 34.2 Å². The number of thiophene rings is 1. The van der Waals surface area contributed by atoms with Gasteiger partial charge >= 0.3 is 5.97 Å². The third-order valence-corrected chi connectivity index (χ3v) is 5.96. The van der Waals surface area contributed by atoms with E-state index >= 15 is 0 Å². The predicted octanol–water partition coefficient (Wildman–Crippen LogP) is 3.48. The molecule has 0 saturated carbocycles. The Morgan fingerprint density at radius 1 is 1.22 bits per heavy atom. The number of carboxylic acid groups (broad SMARTS) is 1. The van der Waals surface area contributed by atoms with Gasteiger partial charge in [-0.1, -0.05) is 18.2 Å². The number of anilines is 1. The van der Waals surface area contributed by atoms with Gasteiger partial charge in [0.2, 0.25) is 0 Å². The number of aliphatic hydroxyl groups excluding tert-OH is 1. The molecule has 2 atom stereocenters. The first kappa shape index (κ1) is 17.9. The number of nitrogens with one attached hydrogen (secondary N) is 1. The van der Waals surface area contributed by atoms with Gasteiger partial charge in [0.1, 0.15) is 17.0 Å². The van der Waals surface area contributed by atoms with Crippen molar-refractivity contribution in [3.63, 3.8) is 0 Å². The summed E-state index contributed by atoms with van der Waals surface area (Å²) in [6.45, 7) is 1.45. The van der Waals surface area contributed by atoms with E-state index in [1.54, 1.807) is 0 Å². The summed E-state index contributed by atoms with van der Waals surface area (Å²) >= 11 is 1.50. The molecule has 1 aromatic carbocycles. The summed E-state index contributed by atoms with van der Waals surface area (Å²) in [5.74, 6) is -0.690. The number of aromatic nitrogens is 2. The maximum absolute atomic E-state index is 11.5. The van der Waals surface area contributed by atoms with Gasteiger partial charge in [0.15, 0.2) is 6.04 Å². The van der Waals surface area contributed by atoms with Crippen LogP contribution in [0.1, 0.15) is 30.9 Å². The molecule has 27 heavy (non-hydrogen) atoms. The highest BCUT2D eigenvalue weighted by molar-refractivity contribution is 7.17. The molecule has 3 N–H and O–H groups in total. The van der Waals surface area contributed by atoms with E-state index in [2.05, 4.69) is 33.5 Å². The third-order valence-electron chi connectivity index (χ3n) is 5.07. The van der Waals surface area contributed by atoms with Crippen LogP contribution in [0.2, 0.25) is 0 Å². The second-order valence-electron chi connectivity index (χ2n) is 6.94. The summed E-state index contributed by atoms with van der Waals surface area (Å²) in [4.78, 5) is 20.9. The number of fused-ring (bicyclic) bond motifs is 2. The SMILES string of the molecule is CC(O)C(Nc1ncnc2scc(-c3ccc4c(c3)CCCC4)c12)C(=O)O. The van der Waals surface area contributed by atoms with Crippen LogP contribution < -0.4 is 5.32 Å². The van der Waals surface area contributed by atoms with E-state index in [1.807, 2.05) is 5.38 Å². The number of carboxylic acids is 1. The molecule has 6 nitrogen and oxygen atoms in total. The van der Waals surface area contributed by atoms with Crippen LogP contribution >= 0.6 is 11.3 Å². The molecule has 2 heterocycles. The van der Waals surface area contributed by atoms with E-state index in [9.17, 15) is 15.0 Å². The lowest BCUT2D eigenvalue weighted by Gasteiger charge is -2.19. The Bertz CT molecular complexity index is 999. The fourth-order valence-electron chi connectivity index (χ4n) is 3.63. The number of aliphatic hydroxyl groups is 1. The normalized spacial score (nSPS) is 15.9. The molecular weight excluding hydrogens is 362 g/mol. The van der Waals surface area contributed by atoms with Gasteiger partial charge in [0, 0.05) is 10.9 Å². The lowest BCUT2D eigenvalue weighted by atomic mass is 9.89. The molecule has 0 aliphatic heterocycles. The zero-order valence-corrected chi connectivity index (χ0v) is 15.8. The van der Waals surface area contributed by atoms with E-state index in [4.69, 9.17) is 0 Å². The van der Waals surface area contributed by atoms with Crippen LogP contribution in [0.5, 0.6) is 0 Å². The van der Waals surface area contributed by atoms with Crippen molar-refractivity contribution in [2.24, 2.45) is 0 Å². The highest BCUT2D eigenvalue weighted by atomic mass is 32.1. The van der Waals surface area contributed by atoms with Crippen LogP contribution in [-0.2, 0) is 17.6 Å².